The van der Waals surface area contributed by atoms with Gasteiger partial charge in [-0.05, 0) is 45.4 Å². The van der Waals surface area contributed by atoms with Crippen LogP contribution >= 0.6 is 11.8 Å². The molecule has 1 atom stereocenters. The summed E-state index contributed by atoms with van der Waals surface area (Å²) in [6, 6.07) is 16.0. The molecule has 6 heteroatoms. The van der Waals surface area contributed by atoms with Crippen molar-refractivity contribution in [1.82, 2.24) is 14.8 Å². The summed E-state index contributed by atoms with van der Waals surface area (Å²) in [6.45, 7) is 8.73. The van der Waals surface area contributed by atoms with Gasteiger partial charge in [0.15, 0.2) is 11.0 Å². The van der Waals surface area contributed by atoms with Gasteiger partial charge in [-0.25, -0.2) is 0 Å². The Bertz CT molecular complexity index is 951. The first-order valence-electron chi connectivity index (χ1n) is 9.03. The summed E-state index contributed by atoms with van der Waals surface area (Å²) in [7, 11) is 0. The van der Waals surface area contributed by atoms with Gasteiger partial charge in [0.1, 0.15) is 0 Å². The number of hydrogen-bond donors (Lipinski definition) is 1. The summed E-state index contributed by atoms with van der Waals surface area (Å²) in [6.07, 6.45) is 0. The first-order chi connectivity index (χ1) is 13.0. The van der Waals surface area contributed by atoms with Gasteiger partial charge < -0.3 is 9.88 Å². The number of amides is 1. The molecule has 0 aliphatic carbocycles. The van der Waals surface area contributed by atoms with E-state index < -0.39 is 0 Å². The molecule has 0 aliphatic heterocycles. The van der Waals surface area contributed by atoms with E-state index in [9.17, 15) is 4.79 Å². The van der Waals surface area contributed by atoms with E-state index in [0.29, 0.717) is 0 Å². The standard InChI is InChI=1S/C21H24N4OS/c1-5-25-19(17-11-8-9-14(2)13-17)23-24-21(25)27-16(4)20(26)22-18-12-7-6-10-15(18)3/h6-13,16H,5H2,1-4H3,(H,22,26). The van der Waals surface area contributed by atoms with Crippen LogP contribution in [0.15, 0.2) is 53.7 Å². The largest absolute Gasteiger partial charge is 0.325 e. The molecule has 3 rings (SSSR count). The van der Waals surface area contributed by atoms with Crippen LogP contribution in [0.5, 0.6) is 0 Å². The van der Waals surface area contributed by atoms with E-state index in [4.69, 9.17) is 0 Å². The monoisotopic (exact) mass is 380 g/mol. The van der Waals surface area contributed by atoms with Crippen LogP contribution in [0.1, 0.15) is 25.0 Å². The second-order valence-corrected chi connectivity index (χ2v) is 7.79. The number of benzene rings is 2. The van der Waals surface area contributed by atoms with E-state index in [0.717, 1.165) is 34.3 Å². The highest BCUT2D eigenvalue weighted by molar-refractivity contribution is 8.00. The zero-order chi connectivity index (χ0) is 19.4. The summed E-state index contributed by atoms with van der Waals surface area (Å²) < 4.78 is 2.05. The van der Waals surface area contributed by atoms with E-state index in [1.165, 1.54) is 17.3 Å². The Balaban J connectivity index is 1.77. The van der Waals surface area contributed by atoms with Gasteiger partial charge in [0.05, 0.1) is 5.25 Å². The minimum atomic E-state index is -0.288. The first-order valence-corrected chi connectivity index (χ1v) is 9.91. The number of hydrogen-bond acceptors (Lipinski definition) is 4. The molecule has 1 heterocycles. The van der Waals surface area contributed by atoms with Crippen LogP contribution < -0.4 is 5.32 Å². The average molecular weight is 381 g/mol. The molecule has 0 spiro atoms. The lowest BCUT2D eigenvalue weighted by atomic mass is 10.1. The number of aryl methyl sites for hydroxylation is 2. The molecule has 1 amide bonds. The fourth-order valence-corrected chi connectivity index (χ4v) is 3.73. The number of aromatic nitrogens is 3. The maximum absolute atomic E-state index is 12.6. The second kappa shape index (κ2) is 8.39. The highest BCUT2D eigenvalue weighted by Crippen LogP contribution is 2.28. The van der Waals surface area contributed by atoms with Gasteiger partial charge in [-0.3, -0.25) is 4.79 Å². The molecule has 2 aromatic carbocycles. The van der Waals surface area contributed by atoms with E-state index in [-0.39, 0.29) is 11.2 Å². The van der Waals surface area contributed by atoms with Crippen molar-refractivity contribution in [2.45, 2.75) is 44.6 Å². The van der Waals surface area contributed by atoms with Crippen LogP contribution in [0.25, 0.3) is 11.4 Å². The molecule has 3 aromatic rings. The lowest BCUT2D eigenvalue weighted by Crippen LogP contribution is -2.23. The number of anilines is 1. The lowest BCUT2D eigenvalue weighted by molar-refractivity contribution is -0.115. The Kier molecular flexibility index (Phi) is 5.96. The molecule has 5 nitrogen and oxygen atoms in total. The predicted octanol–water partition coefficient (Wildman–Crippen LogP) is 4.70. The van der Waals surface area contributed by atoms with Crippen molar-refractivity contribution in [3.63, 3.8) is 0 Å². The predicted molar refractivity (Wildman–Crippen MR) is 111 cm³/mol. The fourth-order valence-electron chi connectivity index (χ4n) is 2.82. The van der Waals surface area contributed by atoms with Crippen LogP contribution in [0.2, 0.25) is 0 Å². The molecule has 0 aliphatic rings. The van der Waals surface area contributed by atoms with E-state index in [1.54, 1.807) is 0 Å². The first kappa shape index (κ1) is 19.2. The van der Waals surface area contributed by atoms with Crippen molar-refractivity contribution in [2.75, 3.05) is 5.32 Å². The van der Waals surface area contributed by atoms with Crippen LogP contribution in [0.4, 0.5) is 5.69 Å². The molecule has 0 radical (unpaired) electrons. The van der Waals surface area contributed by atoms with Gasteiger partial charge >= 0.3 is 0 Å². The Hall–Kier alpha value is -2.60. The zero-order valence-corrected chi connectivity index (χ0v) is 16.9. The molecule has 140 valence electrons. The van der Waals surface area contributed by atoms with Crippen molar-refractivity contribution >= 4 is 23.4 Å². The molecule has 0 saturated carbocycles. The fraction of sp³-hybridized carbons (Fsp3) is 0.286. The van der Waals surface area contributed by atoms with Crippen molar-refractivity contribution < 1.29 is 4.79 Å². The van der Waals surface area contributed by atoms with Gasteiger partial charge in [0.25, 0.3) is 0 Å². The van der Waals surface area contributed by atoms with Crippen molar-refractivity contribution in [3.8, 4) is 11.4 Å². The highest BCUT2D eigenvalue weighted by atomic mass is 32.2. The molecule has 27 heavy (non-hydrogen) atoms. The number of nitrogens with zero attached hydrogens (tertiary/aromatic N) is 3. The molecule has 1 N–H and O–H groups in total. The summed E-state index contributed by atoms with van der Waals surface area (Å²) in [4.78, 5) is 12.6. The third-order valence-electron chi connectivity index (χ3n) is 4.36. The van der Waals surface area contributed by atoms with Gasteiger partial charge in [0, 0.05) is 17.8 Å². The Morgan fingerprint density at radius 2 is 1.93 bits per heavy atom. The van der Waals surface area contributed by atoms with Crippen molar-refractivity contribution in [3.05, 3.63) is 59.7 Å². The highest BCUT2D eigenvalue weighted by Gasteiger charge is 2.20. The van der Waals surface area contributed by atoms with Crippen molar-refractivity contribution in [1.29, 1.82) is 0 Å². The zero-order valence-electron chi connectivity index (χ0n) is 16.1. The van der Waals surface area contributed by atoms with Crippen LogP contribution in [0, 0.1) is 13.8 Å². The average Bonchev–Trinajstić information content (AvgIpc) is 3.06. The number of thioether (sulfide) groups is 1. The maximum Gasteiger partial charge on any atom is 0.237 e. The molecular weight excluding hydrogens is 356 g/mol. The minimum Gasteiger partial charge on any atom is -0.325 e. The van der Waals surface area contributed by atoms with Gasteiger partial charge in [-0.15, -0.1) is 10.2 Å². The molecule has 0 fully saturated rings. The number of carbonyl (C=O) groups excluding carboxylic acids is 1. The van der Waals surface area contributed by atoms with Crippen LogP contribution in [0.3, 0.4) is 0 Å². The van der Waals surface area contributed by atoms with Crippen LogP contribution in [-0.4, -0.2) is 25.9 Å². The molecular formula is C21H24N4OS. The van der Waals surface area contributed by atoms with Gasteiger partial charge in [-0.1, -0.05) is 53.7 Å². The lowest BCUT2D eigenvalue weighted by Gasteiger charge is -2.14. The quantitative estimate of drug-likeness (QED) is 0.630. The maximum atomic E-state index is 12.6. The molecule has 1 aromatic heterocycles. The van der Waals surface area contributed by atoms with Gasteiger partial charge in [-0.2, -0.15) is 0 Å². The third-order valence-corrected chi connectivity index (χ3v) is 5.44. The molecule has 1 unspecified atom stereocenters. The Morgan fingerprint density at radius 1 is 1.15 bits per heavy atom. The Morgan fingerprint density at radius 3 is 2.63 bits per heavy atom. The van der Waals surface area contributed by atoms with E-state index in [2.05, 4.69) is 46.1 Å². The number of para-hydroxylation sites is 1. The number of nitrogens with one attached hydrogen (secondary N) is 1. The smallest absolute Gasteiger partial charge is 0.237 e. The summed E-state index contributed by atoms with van der Waals surface area (Å²) >= 11 is 1.42. The van der Waals surface area contributed by atoms with E-state index in [1.807, 2.05) is 50.2 Å². The van der Waals surface area contributed by atoms with Crippen molar-refractivity contribution in [2.24, 2.45) is 0 Å². The summed E-state index contributed by atoms with van der Waals surface area (Å²) in [5.41, 5.74) is 4.10. The number of carbonyl (C=O) groups is 1. The van der Waals surface area contributed by atoms with Gasteiger partial charge in [0.2, 0.25) is 5.91 Å². The second-order valence-electron chi connectivity index (χ2n) is 6.48. The SMILES string of the molecule is CCn1c(SC(C)C(=O)Nc2ccccc2C)nnc1-c1cccc(C)c1. The summed E-state index contributed by atoms with van der Waals surface area (Å²) in [5, 5.41) is 12.2. The van der Waals surface area contributed by atoms with E-state index >= 15 is 0 Å². The normalized spacial score (nSPS) is 12.0. The topological polar surface area (TPSA) is 59.8 Å². The molecule has 0 saturated heterocycles. The summed E-state index contributed by atoms with van der Waals surface area (Å²) in [5.74, 6) is 0.785. The number of rotatable bonds is 6. The third kappa shape index (κ3) is 4.39. The molecule has 0 bridgehead atoms. The minimum absolute atomic E-state index is 0.0444. The van der Waals surface area contributed by atoms with Crippen LogP contribution in [-0.2, 0) is 11.3 Å². The Labute approximate surface area is 164 Å².